The van der Waals surface area contributed by atoms with E-state index in [1.807, 2.05) is 0 Å². The Morgan fingerprint density at radius 1 is 0.550 bits per heavy atom. The first-order chi connectivity index (χ1) is 9.91. The number of unbranched alkanes of at least 4 members (excludes halogenated alkanes) is 13. The maximum absolute atomic E-state index is 5.44. The quantitative estimate of drug-likeness (QED) is 0.205. The largest absolute Gasteiger partial charge is 0.381 e. The number of hydrogen-bond acceptors (Lipinski definition) is 1. The molecule has 1 nitrogen and oxygen atoms in total. The topological polar surface area (TPSA) is 9.23 Å². The summed E-state index contributed by atoms with van der Waals surface area (Å²) in [5.41, 5.74) is 0. The molecule has 0 spiro atoms. The molecule has 0 aromatic heterocycles. The van der Waals surface area contributed by atoms with Crippen LogP contribution in [0.15, 0.2) is 0 Å². The first-order valence-corrected chi connectivity index (χ1v) is 10.2. The third-order valence-corrected chi connectivity index (χ3v) is 4.19. The lowest BCUT2D eigenvalue weighted by atomic mass is 10.0. The Morgan fingerprint density at radius 3 is 1.35 bits per heavy atom. The van der Waals surface area contributed by atoms with E-state index in [0.29, 0.717) is 0 Å². The second kappa shape index (κ2) is 19.4. The fraction of sp³-hybridized carbons (Fsp3) is 1.00. The molecule has 122 valence electrons. The Kier molecular flexibility index (Phi) is 19.9. The van der Waals surface area contributed by atoms with Gasteiger partial charge in [0.15, 0.2) is 0 Å². The van der Waals surface area contributed by atoms with Crippen molar-refractivity contribution in [2.45, 2.75) is 96.8 Å². The second-order valence-corrected chi connectivity index (χ2v) is 6.69. The van der Waals surface area contributed by atoms with Gasteiger partial charge in [-0.05, 0) is 6.42 Å². The Balaban J connectivity index is 2.89. The summed E-state index contributed by atoms with van der Waals surface area (Å²) in [6.07, 6.45) is 19.9. The van der Waals surface area contributed by atoms with Crippen LogP contribution in [0.4, 0.5) is 0 Å². The van der Waals surface area contributed by atoms with E-state index in [4.69, 9.17) is 4.74 Å². The molecule has 0 N–H and O–H groups in total. The van der Waals surface area contributed by atoms with E-state index in [9.17, 15) is 0 Å². The molecule has 0 bridgehead atoms. The van der Waals surface area contributed by atoms with E-state index < -0.39 is 0 Å². The summed E-state index contributed by atoms with van der Waals surface area (Å²) >= 11 is 3.37. The lowest BCUT2D eigenvalue weighted by molar-refractivity contribution is 0.146. The van der Waals surface area contributed by atoms with Crippen LogP contribution in [0.25, 0.3) is 0 Å². The van der Waals surface area contributed by atoms with Crippen molar-refractivity contribution in [1.82, 2.24) is 0 Å². The summed E-state index contributed by atoms with van der Waals surface area (Å²) < 4.78 is 5.44. The minimum atomic E-state index is 0.860. The van der Waals surface area contributed by atoms with E-state index in [1.165, 1.54) is 89.9 Å². The number of alkyl halides is 1. The van der Waals surface area contributed by atoms with Crippen LogP contribution in [0.2, 0.25) is 0 Å². The number of ether oxygens (including phenoxy) is 1. The molecule has 0 unspecified atom stereocenters. The SMILES string of the molecule is CCCCCCCCCCCCCCCCOCCBr. The van der Waals surface area contributed by atoms with Gasteiger partial charge in [-0.3, -0.25) is 0 Å². The smallest absolute Gasteiger partial charge is 0.0563 e. The normalized spacial score (nSPS) is 11.1. The van der Waals surface area contributed by atoms with Gasteiger partial charge in [-0.2, -0.15) is 0 Å². The van der Waals surface area contributed by atoms with E-state index in [2.05, 4.69) is 22.9 Å². The third-order valence-electron chi connectivity index (χ3n) is 3.86. The fourth-order valence-electron chi connectivity index (χ4n) is 2.56. The Hall–Kier alpha value is 0.440. The predicted octanol–water partition coefficient (Wildman–Crippen LogP) is 6.88. The summed E-state index contributed by atoms with van der Waals surface area (Å²) in [5.74, 6) is 0. The van der Waals surface area contributed by atoms with E-state index in [0.717, 1.165) is 18.5 Å². The zero-order valence-electron chi connectivity index (χ0n) is 13.8. The molecule has 0 radical (unpaired) electrons. The lowest BCUT2D eigenvalue weighted by Gasteiger charge is -2.03. The molecule has 0 atom stereocenters. The van der Waals surface area contributed by atoms with Crippen molar-refractivity contribution in [3.63, 3.8) is 0 Å². The van der Waals surface area contributed by atoms with Crippen molar-refractivity contribution < 1.29 is 4.74 Å². The standard InChI is InChI=1S/C18H37BrO/c1-2-3-4-5-6-7-8-9-10-11-12-13-14-15-17-20-18-16-19/h2-18H2,1H3. The van der Waals surface area contributed by atoms with Crippen LogP contribution in [0, 0.1) is 0 Å². The van der Waals surface area contributed by atoms with Gasteiger partial charge in [-0.15, -0.1) is 0 Å². The average molecular weight is 349 g/mol. The number of halogens is 1. The molecule has 0 heterocycles. The molecule has 0 aliphatic carbocycles. The molecular formula is C18H37BrO. The van der Waals surface area contributed by atoms with Gasteiger partial charge in [0, 0.05) is 11.9 Å². The average Bonchev–Trinajstić information content (AvgIpc) is 2.47. The highest BCUT2D eigenvalue weighted by Crippen LogP contribution is 2.12. The Morgan fingerprint density at radius 2 is 0.950 bits per heavy atom. The van der Waals surface area contributed by atoms with Crippen molar-refractivity contribution >= 4 is 15.9 Å². The summed E-state index contributed by atoms with van der Waals surface area (Å²) in [4.78, 5) is 0. The highest BCUT2D eigenvalue weighted by Gasteiger charge is 1.94. The predicted molar refractivity (Wildman–Crippen MR) is 94.9 cm³/mol. The summed E-state index contributed by atoms with van der Waals surface area (Å²) in [7, 11) is 0. The van der Waals surface area contributed by atoms with Gasteiger partial charge in [-0.1, -0.05) is 106 Å². The van der Waals surface area contributed by atoms with Crippen molar-refractivity contribution in [3.8, 4) is 0 Å². The molecule has 0 rings (SSSR count). The van der Waals surface area contributed by atoms with E-state index in [1.54, 1.807) is 0 Å². The molecule has 0 fully saturated rings. The van der Waals surface area contributed by atoms with Crippen LogP contribution >= 0.6 is 15.9 Å². The van der Waals surface area contributed by atoms with Crippen LogP contribution in [0.5, 0.6) is 0 Å². The molecule has 0 saturated carbocycles. The van der Waals surface area contributed by atoms with Crippen LogP contribution in [0.1, 0.15) is 96.8 Å². The zero-order valence-corrected chi connectivity index (χ0v) is 15.4. The minimum absolute atomic E-state index is 0.860. The van der Waals surface area contributed by atoms with Crippen molar-refractivity contribution in [1.29, 1.82) is 0 Å². The van der Waals surface area contributed by atoms with Crippen LogP contribution in [0.3, 0.4) is 0 Å². The van der Waals surface area contributed by atoms with Crippen molar-refractivity contribution in [2.24, 2.45) is 0 Å². The molecule has 0 aliphatic rings. The Bertz CT molecular complexity index is 143. The third kappa shape index (κ3) is 18.4. The van der Waals surface area contributed by atoms with Crippen LogP contribution < -0.4 is 0 Å². The van der Waals surface area contributed by atoms with Gasteiger partial charge >= 0.3 is 0 Å². The molecule has 0 aromatic rings. The van der Waals surface area contributed by atoms with Gasteiger partial charge in [0.1, 0.15) is 0 Å². The molecule has 2 heteroatoms. The maximum atomic E-state index is 5.44. The first-order valence-electron chi connectivity index (χ1n) is 9.05. The summed E-state index contributed by atoms with van der Waals surface area (Å²) in [6, 6.07) is 0. The maximum Gasteiger partial charge on any atom is 0.0563 e. The summed E-state index contributed by atoms with van der Waals surface area (Å²) in [6.45, 7) is 4.10. The Labute approximate surface area is 136 Å². The van der Waals surface area contributed by atoms with Crippen molar-refractivity contribution in [3.05, 3.63) is 0 Å². The zero-order chi connectivity index (χ0) is 14.7. The van der Waals surface area contributed by atoms with E-state index >= 15 is 0 Å². The van der Waals surface area contributed by atoms with E-state index in [-0.39, 0.29) is 0 Å². The lowest BCUT2D eigenvalue weighted by Crippen LogP contribution is -1.97. The molecular weight excluding hydrogens is 312 g/mol. The van der Waals surface area contributed by atoms with Gasteiger partial charge in [0.2, 0.25) is 0 Å². The summed E-state index contributed by atoms with van der Waals surface area (Å²) in [5, 5.41) is 0.964. The minimum Gasteiger partial charge on any atom is -0.381 e. The second-order valence-electron chi connectivity index (χ2n) is 5.90. The first kappa shape index (κ1) is 20.4. The molecule has 0 saturated heterocycles. The molecule has 20 heavy (non-hydrogen) atoms. The highest BCUT2D eigenvalue weighted by atomic mass is 79.9. The van der Waals surface area contributed by atoms with Crippen LogP contribution in [-0.2, 0) is 4.74 Å². The van der Waals surface area contributed by atoms with Crippen molar-refractivity contribution in [2.75, 3.05) is 18.5 Å². The molecule has 0 aliphatic heterocycles. The van der Waals surface area contributed by atoms with Gasteiger partial charge in [0.25, 0.3) is 0 Å². The van der Waals surface area contributed by atoms with Gasteiger partial charge < -0.3 is 4.74 Å². The number of rotatable bonds is 17. The van der Waals surface area contributed by atoms with Gasteiger partial charge in [0.05, 0.1) is 6.61 Å². The van der Waals surface area contributed by atoms with Gasteiger partial charge in [-0.25, -0.2) is 0 Å². The van der Waals surface area contributed by atoms with Crippen LogP contribution in [-0.4, -0.2) is 18.5 Å². The fourth-order valence-corrected chi connectivity index (χ4v) is 2.78. The highest BCUT2D eigenvalue weighted by molar-refractivity contribution is 9.09. The monoisotopic (exact) mass is 348 g/mol. The molecule has 0 amide bonds. The molecule has 0 aromatic carbocycles. The number of hydrogen-bond donors (Lipinski definition) is 0.